The number of hydrogen-bond donors (Lipinski definition) is 0. The van der Waals surface area contributed by atoms with Gasteiger partial charge in [0.1, 0.15) is 24.1 Å². The summed E-state index contributed by atoms with van der Waals surface area (Å²) in [5.41, 5.74) is 0. The SMILES string of the molecule is c1cc(N2CCCC2)nc(C2CCN(Cc3nnc4n3CCOC4)CC2)n1. The Morgan fingerprint density at radius 2 is 1.89 bits per heavy atom. The summed E-state index contributed by atoms with van der Waals surface area (Å²) in [5.74, 6) is 4.62. The largest absolute Gasteiger partial charge is 0.372 e. The van der Waals surface area contributed by atoms with Crippen LogP contribution in [0.25, 0.3) is 0 Å². The Balaban J connectivity index is 1.20. The van der Waals surface area contributed by atoms with Gasteiger partial charge in [0.25, 0.3) is 0 Å². The first-order valence-corrected chi connectivity index (χ1v) is 10.2. The minimum atomic E-state index is 0.463. The summed E-state index contributed by atoms with van der Waals surface area (Å²) in [7, 11) is 0. The number of likely N-dealkylation sites (tertiary alicyclic amines) is 1. The summed E-state index contributed by atoms with van der Waals surface area (Å²) >= 11 is 0. The van der Waals surface area contributed by atoms with Crippen LogP contribution in [0.3, 0.4) is 0 Å². The predicted molar refractivity (Wildman–Crippen MR) is 100 cm³/mol. The number of anilines is 1. The van der Waals surface area contributed by atoms with E-state index in [4.69, 9.17) is 9.72 Å². The molecule has 2 aromatic heterocycles. The number of hydrogen-bond acceptors (Lipinski definition) is 7. The maximum absolute atomic E-state index is 5.45. The molecule has 3 aliphatic heterocycles. The smallest absolute Gasteiger partial charge is 0.159 e. The molecule has 144 valence electrons. The Bertz CT molecular complexity index is 778. The molecule has 2 aromatic rings. The van der Waals surface area contributed by atoms with Gasteiger partial charge >= 0.3 is 0 Å². The topological polar surface area (TPSA) is 72.2 Å². The van der Waals surface area contributed by atoms with E-state index in [0.717, 1.165) is 82.0 Å². The number of piperidine rings is 1. The van der Waals surface area contributed by atoms with Gasteiger partial charge in [-0.2, -0.15) is 0 Å². The second-order valence-electron chi connectivity index (χ2n) is 7.75. The molecular formula is C19H27N7O. The van der Waals surface area contributed by atoms with Gasteiger partial charge in [-0.15, -0.1) is 10.2 Å². The maximum Gasteiger partial charge on any atom is 0.159 e. The van der Waals surface area contributed by atoms with E-state index in [2.05, 4.69) is 35.6 Å². The molecule has 27 heavy (non-hydrogen) atoms. The molecule has 0 atom stereocenters. The van der Waals surface area contributed by atoms with Crippen molar-refractivity contribution in [2.24, 2.45) is 0 Å². The zero-order chi connectivity index (χ0) is 18.1. The fourth-order valence-electron chi connectivity index (χ4n) is 4.41. The van der Waals surface area contributed by atoms with E-state index in [-0.39, 0.29) is 0 Å². The first kappa shape index (κ1) is 17.1. The highest BCUT2D eigenvalue weighted by Gasteiger charge is 2.26. The molecule has 0 N–H and O–H groups in total. The normalized spacial score (nSPS) is 21.6. The second kappa shape index (κ2) is 7.52. The van der Waals surface area contributed by atoms with Gasteiger partial charge in [0.05, 0.1) is 13.2 Å². The van der Waals surface area contributed by atoms with Crippen LogP contribution in [0.4, 0.5) is 5.82 Å². The molecule has 0 unspecified atom stereocenters. The van der Waals surface area contributed by atoms with E-state index in [1.165, 1.54) is 12.8 Å². The van der Waals surface area contributed by atoms with E-state index in [1.807, 2.05) is 6.20 Å². The molecular weight excluding hydrogens is 342 g/mol. The molecule has 2 fully saturated rings. The predicted octanol–water partition coefficient (Wildman–Crippen LogP) is 1.58. The van der Waals surface area contributed by atoms with Gasteiger partial charge in [-0.3, -0.25) is 4.90 Å². The van der Waals surface area contributed by atoms with Gasteiger partial charge in [-0.25, -0.2) is 9.97 Å². The van der Waals surface area contributed by atoms with E-state index in [1.54, 1.807) is 0 Å². The first-order chi connectivity index (χ1) is 13.4. The minimum absolute atomic E-state index is 0.463. The van der Waals surface area contributed by atoms with Gasteiger partial charge in [0.15, 0.2) is 5.82 Å². The van der Waals surface area contributed by atoms with Crippen LogP contribution in [0, 0.1) is 0 Å². The quantitative estimate of drug-likeness (QED) is 0.810. The number of rotatable bonds is 4. The summed E-state index contributed by atoms with van der Waals surface area (Å²) in [6.07, 6.45) is 6.69. The summed E-state index contributed by atoms with van der Waals surface area (Å²) in [6.45, 7) is 7.44. The minimum Gasteiger partial charge on any atom is -0.372 e. The Kier molecular flexibility index (Phi) is 4.75. The average Bonchev–Trinajstić information content (AvgIpc) is 3.40. The van der Waals surface area contributed by atoms with Crippen LogP contribution in [0.15, 0.2) is 12.3 Å². The van der Waals surface area contributed by atoms with Crippen molar-refractivity contribution in [1.82, 2.24) is 29.6 Å². The van der Waals surface area contributed by atoms with Gasteiger partial charge in [-0.05, 0) is 44.8 Å². The lowest BCUT2D eigenvalue weighted by Crippen LogP contribution is -2.34. The van der Waals surface area contributed by atoms with Crippen LogP contribution < -0.4 is 4.90 Å². The Hall–Kier alpha value is -2.06. The van der Waals surface area contributed by atoms with Crippen LogP contribution >= 0.6 is 0 Å². The summed E-state index contributed by atoms with van der Waals surface area (Å²) in [6, 6.07) is 2.06. The van der Waals surface area contributed by atoms with Gasteiger partial charge in [0.2, 0.25) is 0 Å². The molecule has 0 aromatic carbocycles. The monoisotopic (exact) mass is 369 g/mol. The molecule has 0 aliphatic carbocycles. The lowest BCUT2D eigenvalue weighted by Gasteiger charge is -2.31. The lowest BCUT2D eigenvalue weighted by atomic mass is 9.96. The summed E-state index contributed by atoms with van der Waals surface area (Å²) in [5, 5.41) is 8.65. The number of fused-ring (bicyclic) bond motifs is 1. The highest BCUT2D eigenvalue weighted by Crippen LogP contribution is 2.28. The van der Waals surface area contributed by atoms with E-state index >= 15 is 0 Å². The van der Waals surface area contributed by atoms with Crippen molar-refractivity contribution in [3.05, 3.63) is 29.7 Å². The third-order valence-electron chi connectivity index (χ3n) is 6.00. The van der Waals surface area contributed by atoms with Crippen molar-refractivity contribution < 1.29 is 4.74 Å². The third kappa shape index (κ3) is 3.55. The molecule has 8 nitrogen and oxygen atoms in total. The van der Waals surface area contributed by atoms with Crippen LogP contribution in [-0.2, 0) is 24.4 Å². The molecule has 0 radical (unpaired) electrons. The van der Waals surface area contributed by atoms with Gasteiger partial charge in [-0.1, -0.05) is 0 Å². The zero-order valence-corrected chi connectivity index (χ0v) is 15.8. The van der Waals surface area contributed by atoms with E-state index < -0.39 is 0 Å². The number of aromatic nitrogens is 5. The lowest BCUT2D eigenvalue weighted by molar-refractivity contribution is 0.0792. The zero-order valence-electron chi connectivity index (χ0n) is 15.8. The van der Waals surface area contributed by atoms with Crippen molar-refractivity contribution in [3.8, 4) is 0 Å². The molecule has 2 saturated heterocycles. The molecule has 0 spiro atoms. The highest BCUT2D eigenvalue weighted by molar-refractivity contribution is 5.38. The van der Waals surface area contributed by atoms with E-state index in [9.17, 15) is 0 Å². The van der Waals surface area contributed by atoms with Crippen molar-refractivity contribution in [1.29, 1.82) is 0 Å². The number of ether oxygens (including phenoxy) is 1. The van der Waals surface area contributed by atoms with Crippen molar-refractivity contribution in [2.45, 2.75) is 51.3 Å². The summed E-state index contributed by atoms with van der Waals surface area (Å²) in [4.78, 5) is 14.4. The first-order valence-electron chi connectivity index (χ1n) is 10.2. The molecule has 8 heteroatoms. The Morgan fingerprint density at radius 1 is 1.04 bits per heavy atom. The molecule has 0 amide bonds. The Morgan fingerprint density at radius 3 is 2.74 bits per heavy atom. The molecule has 0 bridgehead atoms. The average molecular weight is 369 g/mol. The highest BCUT2D eigenvalue weighted by atomic mass is 16.5. The van der Waals surface area contributed by atoms with E-state index in [0.29, 0.717) is 12.5 Å². The third-order valence-corrected chi connectivity index (χ3v) is 6.00. The maximum atomic E-state index is 5.45. The van der Waals surface area contributed by atoms with Crippen molar-refractivity contribution in [3.63, 3.8) is 0 Å². The molecule has 0 saturated carbocycles. The van der Waals surface area contributed by atoms with Crippen LogP contribution in [0.1, 0.15) is 49.1 Å². The molecule has 5 rings (SSSR count). The van der Waals surface area contributed by atoms with Gasteiger partial charge < -0.3 is 14.2 Å². The van der Waals surface area contributed by atoms with Crippen LogP contribution in [0.5, 0.6) is 0 Å². The molecule has 3 aliphatic rings. The van der Waals surface area contributed by atoms with Crippen LogP contribution in [-0.4, -0.2) is 62.4 Å². The fourth-order valence-corrected chi connectivity index (χ4v) is 4.41. The van der Waals surface area contributed by atoms with Crippen LogP contribution in [0.2, 0.25) is 0 Å². The second-order valence-corrected chi connectivity index (χ2v) is 7.75. The standard InChI is InChI=1S/C19H27N7O/c1-2-8-25(7-1)16-3-6-20-19(21-16)15-4-9-24(10-5-15)13-17-22-23-18-14-27-12-11-26(17)18/h3,6,15H,1-2,4-5,7-14H2. The van der Waals surface area contributed by atoms with Gasteiger partial charge in [0, 0.05) is 31.7 Å². The Labute approximate surface area is 159 Å². The fraction of sp³-hybridized carbons (Fsp3) is 0.684. The van der Waals surface area contributed by atoms with Crippen molar-refractivity contribution in [2.75, 3.05) is 37.7 Å². The van der Waals surface area contributed by atoms with Crippen molar-refractivity contribution >= 4 is 5.82 Å². The summed E-state index contributed by atoms with van der Waals surface area (Å²) < 4.78 is 7.67. The molecule has 5 heterocycles. The number of nitrogens with zero attached hydrogens (tertiary/aromatic N) is 7.